The van der Waals surface area contributed by atoms with Gasteiger partial charge in [0.2, 0.25) is 11.2 Å². The molecule has 3 aromatic carbocycles. The quantitative estimate of drug-likeness (QED) is 0.393. The van der Waals surface area contributed by atoms with Gasteiger partial charge < -0.3 is 14.5 Å². The number of carbonyl (C=O) groups is 1. The summed E-state index contributed by atoms with van der Waals surface area (Å²) in [5.74, 6) is -0.122. The maximum absolute atomic E-state index is 13.3. The largest absolute Gasteiger partial charge is 0.476 e. The smallest absolute Gasteiger partial charge is 0.262 e. The lowest BCUT2D eigenvalue weighted by atomic mass is 10.1. The first kappa shape index (κ1) is 21.7. The number of hydrogen-bond acceptors (Lipinski definition) is 4. The molecule has 1 heterocycles. The first-order chi connectivity index (χ1) is 15.5. The van der Waals surface area contributed by atoms with Crippen molar-refractivity contribution in [1.82, 2.24) is 0 Å². The molecule has 4 aromatic rings. The summed E-state index contributed by atoms with van der Waals surface area (Å²) >= 11 is 6.01. The van der Waals surface area contributed by atoms with E-state index < -0.39 is 0 Å². The third-order valence-electron chi connectivity index (χ3n) is 5.19. The summed E-state index contributed by atoms with van der Waals surface area (Å²) in [5.41, 5.74) is 3.38. The Hall–Kier alpha value is -3.57. The van der Waals surface area contributed by atoms with E-state index >= 15 is 0 Å². The zero-order valence-corrected chi connectivity index (χ0v) is 18.5. The third kappa shape index (κ3) is 4.53. The molecule has 0 fully saturated rings. The second kappa shape index (κ2) is 9.28. The van der Waals surface area contributed by atoms with Gasteiger partial charge in [-0.25, -0.2) is 0 Å². The van der Waals surface area contributed by atoms with Gasteiger partial charge in [-0.05, 0) is 66.9 Å². The Balaban J connectivity index is 1.72. The molecule has 0 saturated heterocycles. The number of para-hydroxylation sites is 1. The maximum atomic E-state index is 13.3. The van der Waals surface area contributed by atoms with Crippen molar-refractivity contribution in [3.63, 3.8) is 0 Å². The van der Waals surface area contributed by atoms with Gasteiger partial charge in [0.05, 0.1) is 5.39 Å². The molecular weight excluding hydrogens is 426 g/mol. The van der Waals surface area contributed by atoms with Crippen molar-refractivity contribution in [3.8, 4) is 17.1 Å². The summed E-state index contributed by atoms with van der Waals surface area (Å²) in [5, 5.41) is 3.78. The van der Waals surface area contributed by atoms with Gasteiger partial charge in [0.25, 0.3) is 5.91 Å². The molecule has 0 aliphatic rings. The molecular formula is C26H22ClNO4. The summed E-state index contributed by atoms with van der Waals surface area (Å²) in [6, 6.07) is 19.8. The van der Waals surface area contributed by atoms with E-state index in [1.54, 1.807) is 36.4 Å². The van der Waals surface area contributed by atoms with Crippen LogP contribution < -0.4 is 15.5 Å². The van der Waals surface area contributed by atoms with Gasteiger partial charge in [0.15, 0.2) is 12.4 Å². The molecule has 0 unspecified atom stereocenters. The third-order valence-corrected chi connectivity index (χ3v) is 5.45. The SMILES string of the molecule is CCc1ccc2oc(-c3ccc(Cl)cc3)c(OCC(=O)Nc3ccccc3C)c(=O)c2c1. The minimum atomic E-state index is -0.372. The molecule has 0 aliphatic heterocycles. The molecule has 32 heavy (non-hydrogen) atoms. The van der Waals surface area contributed by atoms with Gasteiger partial charge in [-0.15, -0.1) is 0 Å². The standard InChI is InChI=1S/C26H22ClNO4/c1-3-17-8-13-22-20(14-17)24(30)26(25(32-22)18-9-11-19(27)12-10-18)31-15-23(29)28-21-7-5-4-6-16(21)2/h4-14H,3,15H2,1-2H3,(H,28,29). The van der Waals surface area contributed by atoms with Gasteiger partial charge in [-0.1, -0.05) is 42.8 Å². The van der Waals surface area contributed by atoms with Crippen LogP contribution in [0.4, 0.5) is 5.69 Å². The van der Waals surface area contributed by atoms with Gasteiger partial charge in [0, 0.05) is 16.3 Å². The Kier molecular flexibility index (Phi) is 6.28. The van der Waals surface area contributed by atoms with Crippen molar-refractivity contribution in [2.75, 3.05) is 11.9 Å². The number of halogens is 1. The molecule has 1 N–H and O–H groups in total. The Bertz CT molecular complexity index is 1340. The molecule has 0 saturated carbocycles. The number of hydrogen-bond donors (Lipinski definition) is 1. The fourth-order valence-corrected chi connectivity index (χ4v) is 3.53. The molecule has 162 valence electrons. The number of benzene rings is 3. The average Bonchev–Trinajstić information content (AvgIpc) is 2.80. The number of carbonyl (C=O) groups excluding carboxylic acids is 1. The molecule has 0 aliphatic carbocycles. The first-order valence-corrected chi connectivity index (χ1v) is 10.7. The predicted molar refractivity (Wildman–Crippen MR) is 128 cm³/mol. The molecule has 0 spiro atoms. The van der Waals surface area contributed by atoms with Crippen LogP contribution in [0.1, 0.15) is 18.1 Å². The summed E-state index contributed by atoms with van der Waals surface area (Å²) in [7, 11) is 0. The molecule has 1 aromatic heterocycles. The monoisotopic (exact) mass is 447 g/mol. The van der Waals surface area contributed by atoms with Crippen LogP contribution in [0.5, 0.6) is 5.75 Å². The lowest BCUT2D eigenvalue weighted by Gasteiger charge is -2.13. The minimum absolute atomic E-state index is 0.00647. The van der Waals surface area contributed by atoms with Crippen LogP contribution >= 0.6 is 11.6 Å². The Morgan fingerprint density at radius 3 is 2.53 bits per heavy atom. The Morgan fingerprint density at radius 2 is 1.81 bits per heavy atom. The van der Waals surface area contributed by atoms with Crippen LogP contribution in [0.3, 0.4) is 0 Å². The molecule has 4 rings (SSSR count). The van der Waals surface area contributed by atoms with E-state index in [4.69, 9.17) is 20.8 Å². The van der Waals surface area contributed by atoms with Crippen molar-refractivity contribution in [3.05, 3.63) is 93.1 Å². The molecule has 5 nitrogen and oxygen atoms in total. The summed E-state index contributed by atoms with van der Waals surface area (Å²) in [6.07, 6.45) is 0.781. The highest BCUT2D eigenvalue weighted by molar-refractivity contribution is 6.30. The Morgan fingerprint density at radius 1 is 1.06 bits per heavy atom. The number of fused-ring (bicyclic) bond motifs is 1. The summed E-state index contributed by atoms with van der Waals surface area (Å²) in [6.45, 7) is 3.58. The van der Waals surface area contributed by atoms with Gasteiger partial charge in [-0.2, -0.15) is 0 Å². The fraction of sp³-hybridized carbons (Fsp3) is 0.154. The highest BCUT2D eigenvalue weighted by Gasteiger charge is 2.19. The number of ether oxygens (including phenoxy) is 1. The zero-order chi connectivity index (χ0) is 22.7. The molecule has 0 atom stereocenters. The van der Waals surface area contributed by atoms with E-state index in [2.05, 4.69) is 5.32 Å². The lowest BCUT2D eigenvalue weighted by Crippen LogP contribution is -2.23. The van der Waals surface area contributed by atoms with Crippen LogP contribution in [-0.2, 0) is 11.2 Å². The van der Waals surface area contributed by atoms with Crippen LogP contribution in [0.15, 0.2) is 75.9 Å². The van der Waals surface area contributed by atoms with Crippen molar-refractivity contribution in [2.45, 2.75) is 20.3 Å². The Labute approximate surface area is 190 Å². The second-order valence-electron chi connectivity index (χ2n) is 7.43. The van der Waals surface area contributed by atoms with Crippen molar-refractivity contribution in [1.29, 1.82) is 0 Å². The number of rotatable bonds is 6. The van der Waals surface area contributed by atoms with E-state index in [0.29, 0.717) is 27.2 Å². The highest BCUT2D eigenvalue weighted by atomic mass is 35.5. The van der Waals surface area contributed by atoms with Crippen molar-refractivity contribution in [2.24, 2.45) is 0 Å². The average molecular weight is 448 g/mol. The molecule has 6 heteroatoms. The topological polar surface area (TPSA) is 68.5 Å². The summed E-state index contributed by atoms with van der Waals surface area (Å²) in [4.78, 5) is 25.9. The highest BCUT2D eigenvalue weighted by Crippen LogP contribution is 2.32. The predicted octanol–water partition coefficient (Wildman–Crippen LogP) is 6.00. The molecule has 0 bridgehead atoms. The van der Waals surface area contributed by atoms with E-state index in [-0.39, 0.29) is 29.5 Å². The maximum Gasteiger partial charge on any atom is 0.262 e. The number of aryl methyl sites for hydroxylation is 2. The molecule has 1 amide bonds. The van der Waals surface area contributed by atoms with E-state index in [9.17, 15) is 9.59 Å². The van der Waals surface area contributed by atoms with E-state index in [0.717, 1.165) is 17.5 Å². The van der Waals surface area contributed by atoms with Crippen LogP contribution in [-0.4, -0.2) is 12.5 Å². The van der Waals surface area contributed by atoms with E-state index in [1.165, 1.54) is 0 Å². The van der Waals surface area contributed by atoms with Gasteiger partial charge in [0.1, 0.15) is 5.58 Å². The number of nitrogens with one attached hydrogen (secondary N) is 1. The van der Waals surface area contributed by atoms with Crippen molar-refractivity contribution < 1.29 is 13.9 Å². The van der Waals surface area contributed by atoms with Gasteiger partial charge >= 0.3 is 0 Å². The lowest BCUT2D eigenvalue weighted by molar-refractivity contribution is -0.118. The normalized spacial score (nSPS) is 10.8. The summed E-state index contributed by atoms with van der Waals surface area (Å²) < 4.78 is 11.8. The minimum Gasteiger partial charge on any atom is -0.476 e. The first-order valence-electron chi connectivity index (χ1n) is 10.3. The zero-order valence-electron chi connectivity index (χ0n) is 17.8. The van der Waals surface area contributed by atoms with Crippen molar-refractivity contribution >= 4 is 34.2 Å². The van der Waals surface area contributed by atoms with Gasteiger partial charge in [-0.3, -0.25) is 9.59 Å². The number of amides is 1. The van der Waals surface area contributed by atoms with E-state index in [1.807, 2.05) is 44.2 Å². The molecule has 0 radical (unpaired) electrons. The second-order valence-corrected chi connectivity index (χ2v) is 7.87. The fourth-order valence-electron chi connectivity index (χ4n) is 3.40. The van der Waals surface area contributed by atoms with Crippen LogP contribution in [0.2, 0.25) is 5.02 Å². The van der Waals surface area contributed by atoms with Crippen LogP contribution in [0.25, 0.3) is 22.3 Å². The number of anilines is 1. The van der Waals surface area contributed by atoms with Crippen LogP contribution in [0, 0.1) is 6.92 Å².